The highest BCUT2D eigenvalue weighted by atomic mass is 79.9. The zero-order valence-electron chi connectivity index (χ0n) is 9.15. The average molecular weight is 297 g/mol. The molecule has 0 saturated heterocycles. The van der Waals surface area contributed by atoms with E-state index in [9.17, 15) is 9.18 Å². The highest BCUT2D eigenvalue weighted by Crippen LogP contribution is 2.16. The minimum absolute atomic E-state index is 0.162. The van der Waals surface area contributed by atoms with Crippen molar-refractivity contribution in [2.75, 3.05) is 0 Å². The first-order valence-electron chi connectivity index (χ1n) is 5.04. The maximum Gasteiger partial charge on any atom is 0.267 e. The predicted molar refractivity (Wildman–Crippen MR) is 66.4 cm³/mol. The molecule has 1 aromatic carbocycles. The molecule has 1 heterocycles. The number of hydrogen-bond donors (Lipinski definition) is 0. The van der Waals surface area contributed by atoms with Crippen LogP contribution < -0.4 is 5.56 Å². The van der Waals surface area contributed by atoms with Crippen LogP contribution in [0.3, 0.4) is 0 Å². The van der Waals surface area contributed by atoms with Crippen molar-refractivity contribution in [3.63, 3.8) is 0 Å². The van der Waals surface area contributed by atoms with Crippen LogP contribution in [0.1, 0.15) is 11.1 Å². The number of aromatic nitrogens is 2. The van der Waals surface area contributed by atoms with Crippen LogP contribution in [0.15, 0.2) is 39.7 Å². The monoisotopic (exact) mass is 296 g/mol. The maximum atomic E-state index is 13.0. The summed E-state index contributed by atoms with van der Waals surface area (Å²) in [5.41, 5.74) is 1.48. The van der Waals surface area contributed by atoms with Gasteiger partial charge in [0.05, 0.1) is 17.2 Å². The first-order valence-corrected chi connectivity index (χ1v) is 5.83. The van der Waals surface area contributed by atoms with Gasteiger partial charge in [0.15, 0.2) is 0 Å². The van der Waals surface area contributed by atoms with Gasteiger partial charge in [0, 0.05) is 6.07 Å². The SMILES string of the molecule is Cc1cnn(Cc2ccc(F)c(Br)c2)c(=O)c1. The van der Waals surface area contributed by atoms with Crippen LogP contribution in [-0.2, 0) is 6.54 Å². The lowest BCUT2D eigenvalue weighted by molar-refractivity contribution is 0.612. The molecule has 0 spiro atoms. The Labute approximate surface area is 106 Å². The maximum absolute atomic E-state index is 13.0. The molecular formula is C12H10BrFN2O. The van der Waals surface area contributed by atoms with E-state index >= 15 is 0 Å². The minimum atomic E-state index is -0.321. The Kier molecular flexibility index (Phi) is 3.38. The van der Waals surface area contributed by atoms with Gasteiger partial charge < -0.3 is 0 Å². The molecule has 0 bridgehead atoms. The van der Waals surface area contributed by atoms with Gasteiger partial charge in [-0.05, 0) is 46.1 Å². The van der Waals surface area contributed by atoms with Crippen LogP contribution in [0.4, 0.5) is 4.39 Å². The van der Waals surface area contributed by atoms with E-state index in [0.717, 1.165) is 11.1 Å². The third-order valence-corrected chi connectivity index (χ3v) is 2.93. The van der Waals surface area contributed by atoms with Gasteiger partial charge >= 0.3 is 0 Å². The Morgan fingerprint density at radius 1 is 1.41 bits per heavy atom. The number of halogens is 2. The fourth-order valence-corrected chi connectivity index (χ4v) is 1.88. The summed E-state index contributed by atoms with van der Waals surface area (Å²) in [6, 6.07) is 6.15. The minimum Gasteiger partial charge on any atom is -0.268 e. The Balaban J connectivity index is 2.31. The lowest BCUT2D eigenvalue weighted by atomic mass is 10.2. The van der Waals surface area contributed by atoms with Crippen molar-refractivity contribution in [2.45, 2.75) is 13.5 Å². The Morgan fingerprint density at radius 3 is 2.82 bits per heavy atom. The fourth-order valence-electron chi connectivity index (χ4n) is 1.45. The molecule has 0 aliphatic heterocycles. The van der Waals surface area contributed by atoms with E-state index in [2.05, 4.69) is 21.0 Å². The molecular weight excluding hydrogens is 287 g/mol. The van der Waals surface area contributed by atoms with E-state index < -0.39 is 0 Å². The standard InChI is InChI=1S/C12H10BrFN2O/c1-8-4-12(17)16(15-6-8)7-9-2-3-11(14)10(13)5-9/h2-6H,7H2,1H3. The molecule has 0 aliphatic carbocycles. The molecule has 0 unspecified atom stereocenters. The smallest absolute Gasteiger partial charge is 0.267 e. The molecule has 0 fully saturated rings. The van der Waals surface area contributed by atoms with E-state index in [4.69, 9.17) is 0 Å². The topological polar surface area (TPSA) is 34.9 Å². The van der Waals surface area contributed by atoms with Crippen LogP contribution in [-0.4, -0.2) is 9.78 Å². The van der Waals surface area contributed by atoms with Gasteiger partial charge in [0.25, 0.3) is 5.56 Å². The van der Waals surface area contributed by atoms with Crippen molar-refractivity contribution in [1.29, 1.82) is 0 Å². The highest BCUT2D eigenvalue weighted by molar-refractivity contribution is 9.10. The summed E-state index contributed by atoms with van der Waals surface area (Å²) in [5.74, 6) is -0.321. The van der Waals surface area contributed by atoms with Crippen molar-refractivity contribution in [3.05, 3.63) is 62.2 Å². The number of nitrogens with zero attached hydrogens (tertiary/aromatic N) is 2. The molecule has 88 valence electrons. The van der Waals surface area contributed by atoms with E-state index in [0.29, 0.717) is 11.0 Å². The molecule has 0 saturated carbocycles. The van der Waals surface area contributed by atoms with E-state index in [1.807, 2.05) is 6.92 Å². The molecule has 2 rings (SSSR count). The van der Waals surface area contributed by atoms with Gasteiger partial charge in [0.1, 0.15) is 5.82 Å². The molecule has 0 N–H and O–H groups in total. The number of hydrogen-bond acceptors (Lipinski definition) is 2. The van der Waals surface area contributed by atoms with E-state index in [1.165, 1.54) is 16.8 Å². The second-order valence-corrected chi connectivity index (χ2v) is 4.63. The zero-order valence-corrected chi connectivity index (χ0v) is 10.7. The predicted octanol–water partition coefficient (Wildman–Crippen LogP) is 2.50. The van der Waals surface area contributed by atoms with Gasteiger partial charge in [0.2, 0.25) is 0 Å². The highest BCUT2D eigenvalue weighted by Gasteiger charge is 2.03. The number of benzene rings is 1. The summed E-state index contributed by atoms with van der Waals surface area (Å²) in [7, 11) is 0. The summed E-state index contributed by atoms with van der Waals surface area (Å²) in [5, 5.41) is 4.02. The zero-order chi connectivity index (χ0) is 12.4. The van der Waals surface area contributed by atoms with Crippen molar-refractivity contribution in [2.24, 2.45) is 0 Å². The van der Waals surface area contributed by atoms with Crippen LogP contribution in [0, 0.1) is 12.7 Å². The van der Waals surface area contributed by atoms with Crippen molar-refractivity contribution in [1.82, 2.24) is 9.78 Å². The van der Waals surface area contributed by atoms with Crippen LogP contribution in [0.5, 0.6) is 0 Å². The van der Waals surface area contributed by atoms with E-state index in [1.54, 1.807) is 18.3 Å². The molecule has 0 aliphatic rings. The van der Waals surface area contributed by atoms with Crippen LogP contribution in [0.25, 0.3) is 0 Å². The molecule has 17 heavy (non-hydrogen) atoms. The average Bonchev–Trinajstić information content (AvgIpc) is 2.27. The summed E-state index contributed by atoms with van der Waals surface area (Å²) in [6.07, 6.45) is 1.62. The van der Waals surface area contributed by atoms with Crippen molar-refractivity contribution in [3.8, 4) is 0 Å². The first kappa shape index (κ1) is 12.0. The third kappa shape index (κ3) is 2.79. The molecule has 0 radical (unpaired) electrons. The fraction of sp³-hybridized carbons (Fsp3) is 0.167. The van der Waals surface area contributed by atoms with Crippen LogP contribution in [0.2, 0.25) is 0 Å². The molecule has 0 amide bonds. The first-order chi connectivity index (χ1) is 8.06. The lowest BCUT2D eigenvalue weighted by Crippen LogP contribution is -2.22. The molecule has 3 nitrogen and oxygen atoms in total. The second kappa shape index (κ2) is 4.79. The third-order valence-electron chi connectivity index (χ3n) is 2.32. The lowest BCUT2D eigenvalue weighted by Gasteiger charge is -2.05. The molecule has 5 heteroatoms. The van der Waals surface area contributed by atoms with Gasteiger partial charge in [-0.3, -0.25) is 4.79 Å². The normalized spacial score (nSPS) is 10.5. The molecule has 2 aromatic rings. The number of aryl methyl sites for hydroxylation is 1. The van der Waals surface area contributed by atoms with Gasteiger partial charge in [-0.1, -0.05) is 6.07 Å². The molecule has 0 atom stereocenters. The largest absolute Gasteiger partial charge is 0.268 e. The molecule has 1 aromatic heterocycles. The summed E-state index contributed by atoms with van der Waals surface area (Å²) in [4.78, 5) is 11.6. The van der Waals surface area contributed by atoms with Crippen LogP contribution >= 0.6 is 15.9 Å². The Bertz CT molecular complexity index is 610. The summed E-state index contributed by atoms with van der Waals surface area (Å²) in [6.45, 7) is 2.14. The quantitative estimate of drug-likeness (QED) is 0.853. The number of rotatable bonds is 2. The van der Waals surface area contributed by atoms with Gasteiger partial charge in [-0.15, -0.1) is 0 Å². The van der Waals surface area contributed by atoms with Gasteiger partial charge in [-0.2, -0.15) is 5.10 Å². The summed E-state index contributed by atoms with van der Waals surface area (Å²) >= 11 is 3.11. The van der Waals surface area contributed by atoms with Gasteiger partial charge in [-0.25, -0.2) is 9.07 Å². The second-order valence-electron chi connectivity index (χ2n) is 3.78. The summed E-state index contributed by atoms with van der Waals surface area (Å²) < 4.78 is 14.8. The Hall–Kier alpha value is -1.49. The van der Waals surface area contributed by atoms with Crippen molar-refractivity contribution >= 4 is 15.9 Å². The Morgan fingerprint density at radius 2 is 2.18 bits per heavy atom. The van der Waals surface area contributed by atoms with E-state index in [-0.39, 0.29) is 11.4 Å². The van der Waals surface area contributed by atoms with Crippen molar-refractivity contribution < 1.29 is 4.39 Å².